The topological polar surface area (TPSA) is 102 Å². The van der Waals surface area contributed by atoms with Gasteiger partial charge in [0.05, 0.1) is 6.07 Å². The molecule has 0 bridgehead atoms. The third-order valence-electron chi connectivity index (χ3n) is 5.64. The summed E-state index contributed by atoms with van der Waals surface area (Å²) in [5.74, 6) is -0.984. The molecule has 3 rings (SSSR count). The van der Waals surface area contributed by atoms with E-state index in [1.165, 1.54) is 0 Å². The lowest BCUT2D eigenvalue weighted by Crippen LogP contribution is -2.52. The zero-order valence-corrected chi connectivity index (χ0v) is 16.5. The lowest BCUT2D eigenvalue weighted by molar-refractivity contribution is -0.135. The van der Waals surface area contributed by atoms with Gasteiger partial charge in [-0.05, 0) is 37.0 Å². The van der Waals surface area contributed by atoms with Gasteiger partial charge in [0.1, 0.15) is 17.6 Å². The van der Waals surface area contributed by atoms with E-state index in [0.29, 0.717) is 29.8 Å². The minimum Gasteiger partial charge on any atom is -0.336 e. The molecule has 2 N–H and O–H groups in total. The molecule has 1 saturated heterocycles. The number of halogens is 1. The van der Waals surface area contributed by atoms with Crippen molar-refractivity contribution in [1.82, 2.24) is 15.5 Å². The van der Waals surface area contributed by atoms with Gasteiger partial charge in [0, 0.05) is 5.02 Å². The monoisotopic (exact) mass is 402 g/mol. The van der Waals surface area contributed by atoms with Crippen molar-refractivity contribution >= 4 is 29.4 Å². The molecule has 4 amide bonds. The van der Waals surface area contributed by atoms with Gasteiger partial charge in [-0.2, -0.15) is 5.26 Å². The Hall–Kier alpha value is -2.59. The first kappa shape index (κ1) is 20.2. The number of benzene rings is 1. The summed E-state index contributed by atoms with van der Waals surface area (Å²) in [5, 5.41) is 15.5. The molecule has 8 heteroatoms. The summed E-state index contributed by atoms with van der Waals surface area (Å²) in [7, 11) is 0. The number of nitriles is 1. The second-order valence-corrected chi connectivity index (χ2v) is 7.83. The van der Waals surface area contributed by atoms with E-state index in [2.05, 4.69) is 16.7 Å². The van der Waals surface area contributed by atoms with Crippen molar-refractivity contribution in [2.75, 3.05) is 6.54 Å². The Balaban J connectivity index is 1.77. The highest BCUT2D eigenvalue weighted by atomic mass is 35.5. The van der Waals surface area contributed by atoms with Gasteiger partial charge in [0.25, 0.3) is 5.91 Å². The minimum absolute atomic E-state index is 0.333. The Labute approximate surface area is 169 Å². The molecular formula is C20H23ClN4O3. The number of rotatable bonds is 5. The minimum atomic E-state index is -1.22. The van der Waals surface area contributed by atoms with E-state index in [9.17, 15) is 19.6 Å². The van der Waals surface area contributed by atoms with Crippen LogP contribution in [0.15, 0.2) is 24.3 Å². The van der Waals surface area contributed by atoms with Crippen molar-refractivity contribution in [1.29, 1.82) is 5.26 Å². The van der Waals surface area contributed by atoms with Gasteiger partial charge in [0.2, 0.25) is 5.91 Å². The molecule has 0 spiro atoms. The van der Waals surface area contributed by atoms with Crippen molar-refractivity contribution in [3.05, 3.63) is 34.9 Å². The van der Waals surface area contributed by atoms with Gasteiger partial charge in [-0.3, -0.25) is 14.5 Å². The normalized spacial score (nSPS) is 23.8. The van der Waals surface area contributed by atoms with Crippen LogP contribution in [0.4, 0.5) is 4.79 Å². The predicted octanol–water partition coefficient (Wildman–Crippen LogP) is 2.84. The number of carbonyl (C=O) groups excluding carboxylic acids is 3. The smallest absolute Gasteiger partial charge is 0.325 e. The number of amides is 4. The third kappa shape index (κ3) is 3.57. The molecule has 1 aromatic carbocycles. The highest BCUT2D eigenvalue weighted by Gasteiger charge is 2.51. The highest BCUT2D eigenvalue weighted by molar-refractivity contribution is 6.30. The average molecular weight is 403 g/mol. The average Bonchev–Trinajstić information content (AvgIpc) is 2.94. The summed E-state index contributed by atoms with van der Waals surface area (Å²) >= 11 is 5.93. The van der Waals surface area contributed by atoms with Crippen LogP contribution in [0.25, 0.3) is 0 Å². The fraction of sp³-hybridized carbons (Fsp3) is 0.500. The Morgan fingerprint density at radius 1 is 1.25 bits per heavy atom. The fourth-order valence-electron chi connectivity index (χ4n) is 4.01. The van der Waals surface area contributed by atoms with Gasteiger partial charge >= 0.3 is 6.03 Å². The van der Waals surface area contributed by atoms with Gasteiger partial charge in [-0.15, -0.1) is 0 Å². The summed E-state index contributed by atoms with van der Waals surface area (Å²) < 4.78 is 0. The van der Waals surface area contributed by atoms with E-state index in [0.717, 1.165) is 24.2 Å². The molecule has 28 heavy (non-hydrogen) atoms. The summed E-state index contributed by atoms with van der Waals surface area (Å²) in [6, 6.07) is 8.29. The van der Waals surface area contributed by atoms with Crippen LogP contribution in [0.5, 0.6) is 0 Å². The van der Waals surface area contributed by atoms with Crippen LogP contribution in [0.2, 0.25) is 5.02 Å². The molecule has 1 aliphatic heterocycles. The highest BCUT2D eigenvalue weighted by Crippen LogP contribution is 2.33. The number of nitrogens with one attached hydrogen (secondary N) is 2. The Morgan fingerprint density at radius 3 is 2.46 bits per heavy atom. The molecule has 1 saturated carbocycles. The van der Waals surface area contributed by atoms with Crippen LogP contribution in [0.1, 0.15) is 51.0 Å². The van der Waals surface area contributed by atoms with E-state index >= 15 is 0 Å². The van der Waals surface area contributed by atoms with Crippen LogP contribution in [0, 0.1) is 11.3 Å². The SMILES string of the molecule is CC[C@@]1(c2ccc(Cl)cc2)NC(=O)N(CC(=O)NC2(C#N)CCCCC2)C1=O. The molecule has 0 radical (unpaired) electrons. The predicted molar refractivity (Wildman–Crippen MR) is 103 cm³/mol. The summed E-state index contributed by atoms with van der Waals surface area (Å²) in [4.78, 5) is 39.1. The molecule has 2 aliphatic rings. The van der Waals surface area contributed by atoms with Crippen molar-refractivity contribution in [2.45, 2.75) is 56.5 Å². The first-order valence-corrected chi connectivity index (χ1v) is 9.86. The maximum absolute atomic E-state index is 13.1. The van der Waals surface area contributed by atoms with Crippen LogP contribution in [-0.2, 0) is 15.1 Å². The van der Waals surface area contributed by atoms with Gasteiger partial charge in [0.15, 0.2) is 0 Å². The van der Waals surface area contributed by atoms with Crippen molar-refractivity contribution in [3.8, 4) is 6.07 Å². The molecule has 1 aliphatic carbocycles. The number of nitrogens with zero attached hydrogens (tertiary/aromatic N) is 2. The number of urea groups is 1. The summed E-state index contributed by atoms with van der Waals surface area (Å²) in [6.07, 6.45) is 4.27. The van der Waals surface area contributed by atoms with Gasteiger partial charge in [-0.1, -0.05) is 49.9 Å². The van der Waals surface area contributed by atoms with Crippen LogP contribution in [0.3, 0.4) is 0 Å². The van der Waals surface area contributed by atoms with Crippen molar-refractivity contribution in [3.63, 3.8) is 0 Å². The van der Waals surface area contributed by atoms with Crippen molar-refractivity contribution < 1.29 is 14.4 Å². The fourth-order valence-corrected chi connectivity index (χ4v) is 4.14. The maximum Gasteiger partial charge on any atom is 0.325 e. The molecular weight excluding hydrogens is 380 g/mol. The van der Waals surface area contributed by atoms with E-state index < -0.39 is 35.5 Å². The number of carbonyl (C=O) groups is 3. The Bertz CT molecular complexity index is 827. The maximum atomic E-state index is 13.1. The van der Waals surface area contributed by atoms with Crippen molar-refractivity contribution in [2.24, 2.45) is 0 Å². The quantitative estimate of drug-likeness (QED) is 0.739. The summed E-state index contributed by atoms with van der Waals surface area (Å²) in [6.45, 7) is 1.38. The van der Waals surface area contributed by atoms with Crippen LogP contribution in [-0.4, -0.2) is 34.8 Å². The first-order valence-electron chi connectivity index (χ1n) is 9.48. The second-order valence-electron chi connectivity index (χ2n) is 7.39. The molecule has 148 valence electrons. The second kappa shape index (κ2) is 7.80. The standard InChI is InChI=1S/C20H23ClN4O3/c1-2-20(14-6-8-15(21)9-7-14)17(27)25(18(28)24-20)12-16(26)23-19(13-22)10-4-3-5-11-19/h6-9H,2-5,10-12H2,1H3,(H,23,26)(H,24,28)/t20-/m0/s1. The van der Waals surface area contributed by atoms with Crippen LogP contribution >= 0.6 is 11.6 Å². The summed E-state index contributed by atoms with van der Waals surface area (Å²) in [5.41, 5.74) is -1.52. The molecule has 1 heterocycles. The lowest BCUT2D eigenvalue weighted by Gasteiger charge is -2.32. The molecule has 0 unspecified atom stereocenters. The Kier molecular flexibility index (Phi) is 5.61. The van der Waals surface area contributed by atoms with Gasteiger partial charge < -0.3 is 10.6 Å². The Morgan fingerprint density at radius 2 is 1.89 bits per heavy atom. The molecule has 1 atom stereocenters. The van der Waals surface area contributed by atoms with Gasteiger partial charge in [-0.25, -0.2) is 4.79 Å². The lowest BCUT2D eigenvalue weighted by atomic mass is 9.83. The number of imide groups is 1. The molecule has 7 nitrogen and oxygen atoms in total. The molecule has 1 aromatic rings. The van der Waals surface area contributed by atoms with Crippen LogP contribution < -0.4 is 10.6 Å². The third-order valence-corrected chi connectivity index (χ3v) is 5.90. The van der Waals surface area contributed by atoms with E-state index in [1.54, 1.807) is 31.2 Å². The van der Waals surface area contributed by atoms with E-state index in [-0.39, 0.29) is 0 Å². The largest absolute Gasteiger partial charge is 0.336 e. The zero-order chi connectivity index (χ0) is 20.4. The number of hydrogen-bond acceptors (Lipinski definition) is 4. The molecule has 0 aromatic heterocycles. The molecule has 2 fully saturated rings. The first-order chi connectivity index (χ1) is 13.4. The number of hydrogen-bond donors (Lipinski definition) is 2. The zero-order valence-electron chi connectivity index (χ0n) is 15.8. The van der Waals surface area contributed by atoms with E-state index in [1.807, 2.05) is 0 Å². The van der Waals surface area contributed by atoms with E-state index in [4.69, 9.17) is 11.6 Å².